The van der Waals surface area contributed by atoms with Crippen LogP contribution in [0.5, 0.6) is 0 Å². The summed E-state index contributed by atoms with van der Waals surface area (Å²) in [5, 5.41) is 12.6. The average Bonchev–Trinajstić information content (AvgIpc) is 3.71. The molecule has 2 heterocycles. The number of fused-ring (bicyclic) bond motifs is 1. The van der Waals surface area contributed by atoms with Gasteiger partial charge in [-0.1, -0.05) is 12.1 Å². The topological polar surface area (TPSA) is 161 Å². The number of hydrogen-bond acceptors (Lipinski definition) is 10. The standard InChI is InChI=1S/C34H45N3O10/c1-34(2,3)47-29(40)14-12-24(19-38)35-31(41)25-10-7-15-37(25)32(42)23-17-26-30(45-20-44-26)27(18-23)46-33(43)22-9-6-8-21(16-22)11-13-28(39)36(4)5/h6,8-9,11,13,16-17,24-27,30,38H,7,10,12,14-15,18-20H2,1-5H3,(H,35,41)/t24-,25+,26+,27+,30+/m0/s1. The number of likely N-dealkylation sites (N-methyl/N-ethyl adjacent to an activating group) is 1. The number of ether oxygens (including phenoxy) is 4. The highest BCUT2D eigenvalue weighted by atomic mass is 16.7. The fourth-order valence-electron chi connectivity index (χ4n) is 5.66. The number of rotatable bonds is 11. The second-order valence-electron chi connectivity index (χ2n) is 13.1. The first kappa shape index (κ1) is 35.8. The van der Waals surface area contributed by atoms with Gasteiger partial charge in [-0.3, -0.25) is 19.2 Å². The van der Waals surface area contributed by atoms with E-state index in [1.54, 1.807) is 71.3 Å². The van der Waals surface area contributed by atoms with Gasteiger partial charge in [-0.05, 0) is 69.9 Å². The van der Waals surface area contributed by atoms with Crippen molar-refractivity contribution in [1.29, 1.82) is 0 Å². The Hall–Kier alpha value is -4.07. The van der Waals surface area contributed by atoms with Crippen LogP contribution >= 0.6 is 0 Å². The molecule has 1 aliphatic carbocycles. The maximum Gasteiger partial charge on any atom is 0.338 e. The molecule has 2 aliphatic heterocycles. The van der Waals surface area contributed by atoms with Crippen molar-refractivity contribution in [3.63, 3.8) is 0 Å². The Morgan fingerprint density at radius 1 is 1.17 bits per heavy atom. The number of hydrogen-bond donors (Lipinski definition) is 2. The molecule has 0 spiro atoms. The lowest BCUT2D eigenvalue weighted by atomic mass is 9.91. The van der Waals surface area contributed by atoms with Gasteiger partial charge in [0.15, 0.2) is 0 Å². The van der Waals surface area contributed by atoms with E-state index in [1.807, 2.05) is 0 Å². The SMILES string of the molecule is CN(C)C(=O)C=Cc1cccc(C(=O)O[C@@H]2CC(C(=O)N3CCC[C@@H]3C(=O)N[C@H](CO)CCC(=O)OC(C)(C)C)=C[C@H]3OCO[C@H]32)c1. The van der Waals surface area contributed by atoms with Gasteiger partial charge in [-0.25, -0.2) is 4.79 Å². The number of carbonyl (C=O) groups excluding carboxylic acids is 5. The van der Waals surface area contributed by atoms with E-state index < -0.39 is 53.8 Å². The van der Waals surface area contributed by atoms with Crippen molar-refractivity contribution < 1.29 is 48.0 Å². The van der Waals surface area contributed by atoms with Crippen molar-refractivity contribution >= 4 is 35.7 Å². The number of carbonyl (C=O) groups is 5. The summed E-state index contributed by atoms with van der Waals surface area (Å²) in [6, 6.07) is 5.19. The fourth-order valence-corrected chi connectivity index (χ4v) is 5.66. The summed E-state index contributed by atoms with van der Waals surface area (Å²) in [6.07, 6.45) is 3.94. The number of nitrogens with zero attached hydrogens (tertiary/aromatic N) is 2. The van der Waals surface area contributed by atoms with E-state index >= 15 is 0 Å². The number of aliphatic hydroxyl groups is 1. The van der Waals surface area contributed by atoms with Crippen LogP contribution in [0, 0.1) is 0 Å². The summed E-state index contributed by atoms with van der Waals surface area (Å²) in [4.78, 5) is 67.3. The summed E-state index contributed by atoms with van der Waals surface area (Å²) in [5.41, 5.74) is 0.608. The molecule has 5 atom stereocenters. The minimum absolute atomic E-state index is 0.0187. The van der Waals surface area contributed by atoms with Crippen LogP contribution in [0.3, 0.4) is 0 Å². The third-order valence-corrected chi connectivity index (χ3v) is 8.01. The molecule has 1 aromatic carbocycles. The maximum absolute atomic E-state index is 13.8. The second kappa shape index (κ2) is 15.7. The zero-order chi connectivity index (χ0) is 34.3. The first-order chi connectivity index (χ1) is 22.3. The van der Waals surface area contributed by atoms with Crippen LogP contribution in [-0.2, 0) is 38.1 Å². The van der Waals surface area contributed by atoms with Crippen LogP contribution in [0.15, 0.2) is 42.0 Å². The number of benzene rings is 1. The van der Waals surface area contributed by atoms with Crippen LogP contribution < -0.4 is 5.32 Å². The van der Waals surface area contributed by atoms with E-state index in [4.69, 9.17) is 18.9 Å². The Labute approximate surface area is 274 Å². The van der Waals surface area contributed by atoms with Crippen LogP contribution in [0.2, 0.25) is 0 Å². The quantitative estimate of drug-likeness (QED) is 0.267. The predicted octanol–water partition coefficient (Wildman–Crippen LogP) is 1.98. The first-order valence-corrected chi connectivity index (χ1v) is 15.8. The molecule has 256 valence electrons. The molecule has 47 heavy (non-hydrogen) atoms. The highest BCUT2D eigenvalue weighted by Crippen LogP contribution is 2.33. The van der Waals surface area contributed by atoms with Crippen LogP contribution in [0.1, 0.15) is 68.8 Å². The van der Waals surface area contributed by atoms with E-state index in [0.717, 1.165) is 0 Å². The second-order valence-corrected chi connectivity index (χ2v) is 13.1. The fraction of sp³-hybridized carbons (Fsp3) is 0.559. The van der Waals surface area contributed by atoms with Crippen LogP contribution in [0.25, 0.3) is 6.08 Å². The minimum Gasteiger partial charge on any atom is -0.460 e. The van der Waals surface area contributed by atoms with E-state index in [9.17, 15) is 29.1 Å². The molecule has 0 bridgehead atoms. The van der Waals surface area contributed by atoms with Gasteiger partial charge in [-0.2, -0.15) is 0 Å². The summed E-state index contributed by atoms with van der Waals surface area (Å²) >= 11 is 0. The van der Waals surface area contributed by atoms with E-state index in [-0.39, 0.29) is 50.0 Å². The first-order valence-electron chi connectivity index (χ1n) is 15.8. The van der Waals surface area contributed by atoms with Gasteiger partial charge >= 0.3 is 11.9 Å². The molecule has 13 nitrogen and oxygen atoms in total. The van der Waals surface area contributed by atoms with Gasteiger partial charge in [0.05, 0.1) is 18.2 Å². The Kier molecular flexibility index (Phi) is 11.9. The lowest BCUT2D eigenvalue weighted by Gasteiger charge is -2.33. The molecule has 0 aromatic heterocycles. The highest BCUT2D eigenvalue weighted by molar-refractivity contribution is 5.98. The Morgan fingerprint density at radius 3 is 2.64 bits per heavy atom. The van der Waals surface area contributed by atoms with Crippen molar-refractivity contribution in [2.24, 2.45) is 0 Å². The normalized spacial score (nSPS) is 23.1. The molecule has 2 N–H and O–H groups in total. The zero-order valence-electron chi connectivity index (χ0n) is 27.6. The summed E-state index contributed by atoms with van der Waals surface area (Å²) < 4.78 is 22.6. The van der Waals surface area contributed by atoms with Gasteiger partial charge < -0.3 is 39.2 Å². The highest BCUT2D eigenvalue weighted by Gasteiger charge is 2.45. The molecule has 0 saturated carbocycles. The van der Waals surface area contributed by atoms with Gasteiger partial charge in [-0.15, -0.1) is 0 Å². The predicted molar refractivity (Wildman–Crippen MR) is 170 cm³/mol. The third-order valence-electron chi connectivity index (χ3n) is 8.01. The lowest BCUT2D eigenvalue weighted by Crippen LogP contribution is -2.51. The third kappa shape index (κ3) is 9.72. The van der Waals surface area contributed by atoms with Crippen molar-refractivity contribution in [2.45, 2.75) is 88.9 Å². The molecule has 0 unspecified atom stereocenters. The van der Waals surface area contributed by atoms with Crippen molar-refractivity contribution in [2.75, 3.05) is 34.0 Å². The van der Waals surface area contributed by atoms with Crippen molar-refractivity contribution in [1.82, 2.24) is 15.1 Å². The van der Waals surface area contributed by atoms with Crippen LogP contribution in [-0.4, -0.2) is 115 Å². The van der Waals surface area contributed by atoms with E-state index in [2.05, 4.69) is 5.32 Å². The Bertz CT molecular complexity index is 1400. The Balaban J connectivity index is 1.40. The number of nitrogens with one attached hydrogen (secondary N) is 1. The number of esters is 2. The number of amides is 3. The summed E-state index contributed by atoms with van der Waals surface area (Å²) in [7, 11) is 3.28. The van der Waals surface area contributed by atoms with Gasteiger partial charge in [0.1, 0.15) is 36.7 Å². The molecule has 3 aliphatic rings. The number of likely N-dealkylation sites (tertiary alicyclic amines) is 1. The molecule has 1 aromatic rings. The summed E-state index contributed by atoms with van der Waals surface area (Å²) in [5.74, 6) is -2.04. The van der Waals surface area contributed by atoms with E-state index in [1.165, 1.54) is 15.9 Å². The molecule has 0 radical (unpaired) electrons. The molecule has 4 rings (SSSR count). The van der Waals surface area contributed by atoms with Crippen molar-refractivity contribution in [3.05, 3.63) is 53.1 Å². The van der Waals surface area contributed by atoms with Crippen molar-refractivity contribution in [3.8, 4) is 0 Å². The smallest absolute Gasteiger partial charge is 0.338 e. The maximum atomic E-state index is 13.8. The molecular weight excluding hydrogens is 610 g/mol. The average molecular weight is 656 g/mol. The van der Waals surface area contributed by atoms with Gasteiger partial charge in [0, 0.05) is 45.1 Å². The zero-order valence-corrected chi connectivity index (χ0v) is 27.6. The Morgan fingerprint density at radius 2 is 1.94 bits per heavy atom. The molecule has 3 amide bonds. The number of aliphatic hydroxyl groups excluding tert-OH is 1. The molecule has 2 saturated heterocycles. The minimum atomic E-state index is -0.824. The summed E-state index contributed by atoms with van der Waals surface area (Å²) in [6.45, 7) is 5.24. The molecular formula is C34H45N3O10. The van der Waals surface area contributed by atoms with Crippen LogP contribution in [0.4, 0.5) is 0 Å². The van der Waals surface area contributed by atoms with Gasteiger partial charge in [0.2, 0.25) is 17.7 Å². The molecule has 13 heteroatoms. The molecule has 2 fully saturated rings. The lowest BCUT2D eigenvalue weighted by molar-refractivity contribution is -0.155. The van der Waals surface area contributed by atoms with Gasteiger partial charge in [0.25, 0.3) is 0 Å². The largest absolute Gasteiger partial charge is 0.460 e. The monoisotopic (exact) mass is 655 g/mol. The van der Waals surface area contributed by atoms with E-state index in [0.29, 0.717) is 30.5 Å².